The van der Waals surface area contributed by atoms with Crippen molar-refractivity contribution < 1.29 is 14.0 Å². The zero-order valence-corrected chi connectivity index (χ0v) is 10.7. The van der Waals surface area contributed by atoms with E-state index in [1.165, 1.54) is 0 Å². The molecule has 1 aliphatic rings. The maximum absolute atomic E-state index is 11.9. The predicted molar refractivity (Wildman–Crippen MR) is 65.5 cm³/mol. The molecule has 2 amide bonds. The Labute approximate surface area is 106 Å². The Hall–Kier alpha value is -1.78. The zero-order chi connectivity index (χ0) is 13.1. The summed E-state index contributed by atoms with van der Waals surface area (Å²) < 4.78 is 5.25. The van der Waals surface area contributed by atoms with Crippen molar-refractivity contribution in [2.75, 3.05) is 6.54 Å². The molecule has 0 bridgehead atoms. The van der Waals surface area contributed by atoms with Crippen LogP contribution in [0, 0.1) is 5.92 Å². The van der Waals surface area contributed by atoms with Gasteiger partial charge in [-0.1, -0.05) is 13.8 Å². The number of nitrogens with one attached hydrogen (secondary N) is 1. The molecule has 5 heteroatoms. The summed E-state index contributed by atoms with van der Waals surface area (Å²) in [5, 5.41) is 2.64. The number of carbonyl (C=O) groups excluding carboxylic acids is 2. The molecule has 0 aromatic carbocycles. The van der Waals surface area contributed by atoms with Crippen LogP contribution in [0.2, 0.25) is 0 Å². The van der Waals surface area contributed by atoms with Gasteiger partial charge in [-0.2, -0.15) is 0 Å². The van der Waals surface area contributed by atoms with E-state index in [1.54, 1.807) is 17.2 Å². The normalized spacial score (nSPS) is 20.4. The Kier molecular flexibility index (Phi) is 3.69. The molecule has 0 aliphatic carbocycles. The van der Waals surface area contributed by atoms with Gasteiger partial charge in [0.25, 0.3) is 0 Å². The fraction of sp³-hybridized carbons (Fsp3) is 0.538. The molecular weight excluding hydrogens is 232 g/mol. The van der Waals surface area contributed by atoms with E-state index in [9.17, 15) is 9.59 Å². The lowest BCUT2D eigenvalue weighted by Crippen LogP contribution is -2.58. The molecule has 1 atom stereocenters. The van der Waals surface area contributed by atoms with E-state index in [0.717, 1.165) is 0 Å². The minimum absolute atomic E-state index is 0.0587. The van der Waals surface area contributed by atoms with Crippen LogP contribution in [-0.2, 0) is 16.1 Å². The van der Waals surface area contributed by atoms with E-state index in [0.29, 0.717) is 24.6 Å². The summed E-state index contributed by atoms with van der Waals surface area (Å²) in [5.74, 6) is 0.920. The molecule has 2 rings (SSSR count). The Morgan fingerprint density at radius 2 is 2.28 bits per heavy atom. The van der Waals surface area contributed by atoms with E-state index >= 15 is 0 Å². The lowest BCUT2D eigenvalue weighted by molar-refractivity contribution is -0.147. The number of rotatable bonds is 4. The Bertz CT molecular complexity index is 425. The van der Waals surface area contributed by atoms with Crippen molar-refractivity contribution in [3.05, 3.63) is 24.2 Å². The van der Waals surface area contributed by atoms with Gasteiger partial charge in [0, 0.05) is 0 Å². The second kappa shape index (κ2) is 5.25. The van der Waals surface area contributed by atoms with Gasteiger partial charge >= 0.3 is 0 Å². The molecule has 98 valence electrons. The van der Waals surface area contributed by atoms with Crippen molar-refractivity contribution >= 4 is 11.8 Å². The van der Waals surface area contributed by atoms with Crippen molar-refractivity contribution in [2.24, 2.45) is 5.92 Å². The minimum Gasteiger partial charge on any atom is -0.467 e. The van der Waals surface area contributed by atoms with Crippen LogP contribution in [0.5, 0.6) is 0 Å². The minimum atomic E-state index is -0.392. The van der Waals surface area contributed by atoms with Crippen LogP contribution in [0.3, 0.4) is 0 Å². The molecular formula is C13H18N2O3. The Morgan fingerprint density at radius 1 is 1.50 bits per heavy atom. The first kappa shape index (κ1) is 12.7. The maximum atomic E-state index is 11.9. The van der Waals surface area contributed by atoms with Gasteiger partial charge in [-0.15, -0.1) is 0 Å². The first-order chi connectivity index (χ1) is 8.58. The first-order valence-corrected chi connectivity index (χ1v) is 6.17. The summed E-state index contributed by atoms with van der Waals surface area (Å²) in [6, 6.07) is 3.20. The molecule has 2 heterocycles. The standard InChI is InChI=1S/C13H18N2O3/c1-9(2)6-11-13(17)14-7-12(16)15(11)8-10-4-3-5-18-10/h3-5,9,11H,6-8H2,1-2H3,(H,14,17)/t11-/m0/s1. The monoisotopic (exact) mass is 250 g/mol. The summed E-state index contributed by atoms with van der Waals surface area (Å²) >= 11 is 0. The number of nitrogens with zero attached hydrogens (tertiary/aromatic N) is 1. The van der Waals surface area contributed by atoms with E-state index in [-0.39, 0.29) is 18.4 Å². The van der Waals surface area contributed by atoms with Crippen molar-refractivity contribution in [2.45, 2.75) is 32.9 Å². The topological polar surface area (TPSA) is 62.6 Å². The quantitative estimate of drug-likeness (QED) is 0.872. The van der Waals surface area contributed by atoms with Crippen LogP contribution in [0.4, 0.5) is 0 Å². The summed E-state index contributed by atoms with van der Waals surface area (Å²) in [6.45, 7) is 4.51. The number of carbonyl (C=O) groups is 2. The highest BCUT2D eigenvalue weighted by atomic mass is 16.3. The van der Waals surface area contributed by atoms with E-state index < -0.39 is 6.04 Å². The number of piperazine rings is 1. The zero-order valence-electron chi connectivity index (χ0n) is 10.7. The Morgan fingerprint density at radius 3 is 2.89 bits per heavy atom. The molecule has 0 radical (unpaired) electrons. The van der Waals surface area contributed by atoms with E-state index in [2.05, 4.69) is 5.32 Å². The van der Waals surface area contributed by atoms with Gasteiger partial charge in [0.1, 0.15) is 11.8 Å². The van der Waals surface area contributed by atoms with Crippen LogP contribution in [-0.4, -0.2) is 29.3 Å². The van der Waals surface area contributed by atoms with Crippen LogP contribution in [0.1, 0.15) is 26.0 Å². The molecule has 1 N–H and O–H groups in total. The third kappa shape index (κ3) is 2.72. The van der Waals surface area contributed by atoms with Gasteiger partial charge in [0.05, 0.1) is 19.4 Å². The second-order valence-electron chi connectivity index (χ2n) is 4.96. The molecule has 1 aliphatic heterocycles. The molecule has 1 aromatic rings. The molecule has 5 nitrogen and oxygen atoms in total. The highest BCUT2D eigenvalue weighted by molar-refractivity contribution is 5.94. The molecule has 1 saturated heterocycles. The van der Waals surface area contributed by atoms with E-state index in [1.807, 2.05) is 19.9 Å². The van der Waals surface area contributed by atoms with Crippen LogP contribution in [0.15, 0.2) is 22.8 Å². The predicted octanol–water partition coefficient (Wildman–Crippen LogP) is 1.15. The van der Waals surface area contributed by atoms with E-state index in [4.69, 9.17) is 4.42 Å². The van der Waals surface area contributed by atoms with Gasteiger partial charge in [0.15, 0.2) is 0 Å². The highest BCUT2D eigenvalue weighted by Crippen LogP contribution is 2.18. The largest absolute Gasteiger partial charge is 0.467 e. The lowest BCUT2D eigenvalue weighted by Gasteiger charge is -2.35. The summed E-state index contributed by atoms with van der Waals surface area (Å²) in [4.78, 5) is 25.4. The molecule has 18 heavy (non-hydrogen) atoms. The molecule has 1 aromatic heterocycles. The van der Waals surface area contributed by atoms with Crippen LogP contribution in [0.25, 0.3) is 0 Å². The summed E-state index contributed by atoms with van der Waals surface area (Å²) in [5.41, 5.74) is 0. The number of amides is 2. The number of hydrogen-bond donors (Lipinski definition) is 1. The average Bonchev–Trinajstić information content (AvgIpc) is 2.80. The van der Waals surface area contributed by atoms with Gasteiger partial charge in [-0.3, -0.25) is 9.59 Å². The molecule has 1 fully saturated rings. The fourth-order valence-electron chi connectivity index (χ4n) is 2.15. The Balaban J connectivity index is 2.15. The summed E-state index contributed by atoms with van der Waals surface area (Å²) in [6.07, 6.45) is 2.24. The first-order valence-electron chi connectivity index (χ1n) is 6.17. The second-order valence-corrected chi connectivity index (χ2v) is 4.96. The van der Waals surface area contributed by atoms with Gasteiger partial charge < -0.3 is 14.6 Å². The van der Waals surface area contributed by atoms with Gasteiger partial charge in [-0.25, -0.2) is 0 Å². The maximum Gasteiger partial charge on any atom is 0.243 e. The average molecular weight is 250 g/mol. The van der Waals surface area contributed by atoms with Crippen LogP contribution >= 0.6 is 0 Å². The third-order valence-electron chi connectivity index (χ3n) is 3.01. The van der Waals surface area contributed by atoms with Crippen molar-refractivity contribution in [3.8, 4) is 0 Å². The smallest absolute Gasteiger partial charge is 0.243 e. The fourth-order valence-corrected chi connectivity index (χ4v) is 2.15. The molecule has 0 unspecified atom stereocenters. The van der Waals surface area contributed by atoms with Crippen molar-refractivity contribution in [1.82, 2.24) is 10.2 Å². The third-order valence-corrected chi connectivity index (χ3v) is 3.01. The van der Waals surface area contributed by atoms with Crippen LogP contribution < -0.4 is 5.32 Å². The van der Waals surface area contributed by atoms with Crippen molar-refractivity contribution in [3.63, 3.8) is 0 Å². The lowest BCUT2D eigenvalue weighted by atomic mass is 10.00. The highest BCUT2D eigenvalue weighted by Gasteiger charge is 2.35. The van der Waals surface area contributed by atoms with Crippen molar-refractivity contribution in [1.29, 1.82) is 0 Å². The molecule has 0 spiro atoms. The summed E-state index contributed by atoms with van der Waals surface area (Å²) in [7, 11) is 0. The molecule has 0 saturated carbocycles. The van der Waals surface area contributed by atoms with Gasteiger partial charge in [-0.05, 0) is 24.5 Å². The number of furan rings is 1. The van der Waals surface area contributed by atoms with Gasteiger partial charge in [0.2, 0.25) is 11.8 Å². The number of hydrogen-bond acceptors (Lipinski definition) is 3. The SMILES string of the molecule is CC(C)C[C@H]1C(=O)NCC(=O)N1Cc1ccco1.